The van der Waals surface area contributed by atoms with Crippen LogP contribution in [-0.2, 0) is 4.79 Å². The summed E-state index contributed by atoms with van der Waals surface area (Å²) in [6, 6.07) is 0.0491. The van der Waals surface area contributed by atoms with Gasteiger partial charge in [-0.3, -0.25) is 10.1 Å². The van der Waals surface area contributed by atoms with E-state index in [1.165, 1.54) is 12.6 Å². The summed E-state index contributed by atoms with van der Waals surface area (Å²) in [6.07, 6.45) is 5.77. The molecule has 84 valence electrons. The Morgan fingerprint density at radius 1 is 1.40 bits per heavy atom. The summed E-state index contributed by atoms with van der Waals surface area (Å²) in [5.74, 6) is -0.171. The molecule has 1 amide bonds. The second-order valence-electron chi connectivity index (χ2n) is 4.17. The predicted octanol–water partition coefficient (Wildman–Crippen LogP) is -0.246. The maximum absolute atomic E-state index is 10.9. The smallest absolute Gasteiger partial charge is 0.264 e. The van der Waals surface area contributed by atoms with E-state index in [0.29, 0.717) is 0 Å². The SMILES string of the molecule is O=C1C=NC(N[C@@H]2CCCCC[C@@H]2O)N1. The first-order valence-corrected chi connectivity index (χ1v) is 5.53. The van der Waals surface area contributed by atoms with E-state index in [-0.39, 0.29) is 24.3 Å². The van der Waals surface area contributed by atoms with E-state index in [4.69, 9.17) is 0 Å². The van der Waals surface area contributed by atoms with Gasteiger partial charge in [0, 0.05) is 6.04 Å². The van der Waals surface area contributed by atoms with Gasteiger partial charge in [-0.1, -0.05) is 19.3 Å². The summed E-state index contributed by atoms with van der Waals surface area (Å²) >= 11 is 0. The monoisotopic (exact) mass is 211 g/mol. The molecule has 0 aromatic carbocycles. The Bertz CT molecular complexity index is 267. The first-order valence-electron chi connectivity index (χ1n) is 5.53. The molecule has 5 heteroatoms. The van der Waals surface area contributed by atoms with Crippen molar-refractivity contribution >= 4 is 12.1 Å². The van der Waals surface area contributed by atoms with Crippen molar-refractivity contribution in [2.24, 2.45) is 4.99 Å². The largest absolute Gasteiger partial charge is 0.392 e. The van der Waals surface area contributed by atoms with Crippen molar-refractivity contribution in [1.82, 2.24) is 10.6 Å². The number of carbonyl (C=O) groups is 1. The van der Waals surface area contributed by atoms with Crippen LogP contribution in [0.4, 0.5) is 0 Å². The van der Waals surface area contributed by atoms with Crippen LogP contribution >= 0.6 is 0 Å². The highest BCUT2D eigenvalue weighted by atomic mass is 16.3. The number of amides is 1. The highest BCUT2D eigenvalue weighted by Crippen LogP contribution is 2.18. The lowest BCUT2D eigenvalue weighted by molar-refractivity contribution is -0.114. The molecule has 2 aliphatic rings. The second kappa shape index (κ2) is 4.72. The quantitative estimate of drug-likeness (QED) is 0.552. The minimum absolute atomic E-state index is 0.0491. The summed E-state index contributed by atoms with van der Waals surface area (Å²) in [7, 11) is 0. The zero-order valence-corrected chi connectivity index (χ0v) is 8.65. The third-order valence-electron chi connectivity index (χ3n) is 2.97. The lowest BCUT2D eigenvalue weighted by Crippen LogP contribution is -2.49. The van der Waals surface area contributed by atoms with Crippen LogP contribution in [-0.4, -0.2) is 35.7 Å². The van der Waals surface area contributed by atoms with Crippen LogP contribution in [0.2, 0.25) is 0 Å². The fourth-order valence-corrected chi connectivity index (χ4v) is 2.12. The molecule has 1 aliphatic carbocycles. The highest BCUT2D eigenvalue weighted by molar-refractivity contribution is 6.27. The number of rotatable bonds is 2. The van der Waals surface area contributed by atoms with Crippen LogP contribution < -0.4 is 10.6 Å². The van der Waals surface area contributed by atoms with Gasteiger partial charge in [0.15, 0.2) is 6.29 Å². The van der Waals surface area contributed by atoms with Crippen molar-refractivity contribution in [2.45, 2.75) is 50.5 Å². The van der Waals surface area contributed by atoms with Gasteiger partial charge >= 0.3 is 0 Å². The summed E-state index contributed by atoms with van der Waals surface area (Å²) < 4.78 is 0. The highest BCUT2D eigenvalue weighted by Gasteiger charge is 2.25. The molecule has 0 saturated heterocycles. The maximum atomic E-state index is 10.9. The van der Waals surface area contributed by atoms with Gasteiger partial charge in [0.05, 0.1) is 12.3 Å². The standard InChI is InChI=1S/C10H17N3O2/c14-8-5-3-1-2-4-7(8)12-10-11-6-9(15)13-10/h6-8,10,12,14H,1-5H2,(H,13,15)/t7-,8+,10?/m1/s1. The van der Waals surface area contributed by atoms with Gasteiger partial charge in [0.2, 0.25) is 0 Å². The maximum Gasteiger partial charge on any atom is 0.264 e. The summed E-state index contributed by atoms with van der Waals surface area (Å²) in [6.45, 7) is 0. The molecular weight excluding hydrogens is 194 g/mol. The number of aliphatic hydroxyl groups is 1. The minimum atomic E-state index is -0.352. The molecular formula is C10H17N3O2. The molecule has 0 aromatic rings. The molecule has 15 heavy (non-hydrogen) atoms. The van der Waals surface area contributed by atoms with Crippen LogP contribution in [0, 0.1) is 0 Å². The molecule has 0 radical (unpaired) electrons. The van der Waals surface area contributed by atoms with Gasteiger partial charge < -0.3 is 10.4 Å². The van der Waals surface area contributed by atoms with E-state index in [2.05, 4.69) is 15.6 Å². The first kappa shape index (κ1) is 10.6. The van der Waals surface area contributed by atoms with Crippen LogP contribution in [0.1, 0.15) is 32.1 Å². The lowest BCUT2D eigenvalue weighted by atomic mass is 10.1. The Morgan fingerprint density at radius 2 is 2.20 bits per heavy atom. The zero-order chi connectivity index (χ0) is 10.7. The average molecular weight is 211 g/mol. The molecule has 3 N–H and O–H groups in total. The Morgan fingerprint density at radius 3 is 2.93 bits per heavy atom. The molecule has 3 atom stereocenters. The van der Waals surface area contributed by atoms with E-state index in [1.54, 1.807) is 0 Å². The fraction of sp³-hybridized carbons (Fsp3) is 0.800. The summed E-state index contributed by atoms with van der Waals surface area (Å²) in [5, 5.41) is 15.7. The van der Waals surface area contributed by atoms with Crippen LogP contribution in [0.15, 0.2) is 4.99 Å². The topological polar surface area (TPSA) is 73.7 Å². The molecule has 5 nitrogen and oxygen atoms in total. The second-order valence-corrected chi connectivity index (χ2v) is 4.17. The number of nitrogens with one attached hydrogen (secondary N) is 2. The minimum Gasteiger partial charge on any atom is -0.392 e. The van der Waals surface area contributed by atoms with Crippen molar-refractivity contribution < 1.29 is 9.90 Å². The normalized spacial score (nSPS) is 36.3. The van der Waals surface area contributed by atoms with Crippen LogP contribution in [0.3, 0.4) is 0 Å². The third kappa shape index (κ3) is 2.76. The van der Waals surface area contributed by atoms with Gasteiger partial charge in [-0.2, -0.15) is 0 Å². The lowest BCUT2D eigenvalue weighted by Gasteiger charge is -2.24. The molecule has 1 unspecified atom stereocenters. The van der Waals surface area contributed by atoms with E-state index >= 15 is 0 Å². The van der Waals surface area contributed by atoms with Crippen molar-refractivity contribution in [1.29, 1.82) is 0 Å². The number of hydrogen-bond acceptors (Lipinski definition) is 4. The van der Waals surface area contributed by atoms with Crippen LogP contribution in [0.5, 0.6) is 0 Å². The van der Waals surface area contributed by atoms with E-state index in [1.807, 2.05) is 0 Å². The van der Waals surface area contributed by atoms with E-state index in [9.17, 15) is 9.90 Å². The zero-order valence-electron chi connectivity index (χ0n) is 8.65. The van der Waals surface area contributed by atoms with Crippen molar-refractivity contribution in [3.05, 3.63) is 0 Å². The fourth-order valence-electron chi connectivity index (χ4n) is 2.12. The number of nitrogens with zero attached hydrogens (tertiary/aromatic N) is 1. The number of aliphatic hydroxyl groups excluding tert-OH is 1. The first-order chi connectivity index (χ1) is 7.25. The van der Waals surface area contributed by atoms with Gasteiger partial charge in [-0.15, -0.1) is 0 Å². The summed E-state index contributed by atoms with van der Waals surface area (Å²) in [4.78, 5) is 14.8. The molecule has 2 rings (SSSR count). The number of aliphatic imine (C=N–C) groups is 1. The van der Waals surface area contributed by atoms with Gasteiger partial charge in [0.25, 0.3) is 5.91 Å². The molecule has 1 fully saturated rings. The molecule has 0 bridgehead atoms. The molecule has 1 aliphatic heterocycles. The molecule has 0 aromatic heterocycles. The number of carbonyl (C=O) groups excluding carboxylic acids is 1. The van der Waals surface area contributed by atoms with Crippen molar-refractivity contribution in [2.75, 3.05) is 0 Å². The van der Waals surface area contributed by atoms with Gasteiger partial charge in [-0.05, 0) is 12.8 Å². The van der Waals surface area contributed by atoms with E-state index in [0.717, 1.165) is 25.7 Å². The molecule has 0 spiro atoms. The number of hydrogen-bond donors (Lipinski definition) is 3. The Hall–Kier alpha value is -0.940. The summed E-state index contributed by atoms with van der Waals surface area (Å²) in [5.41, 5.74) is 0. The van der Waals surface area contributed by atoms with E-state index < -0.39 is 0 Å². The molecule has 1 saturated carbocycles. The predicted molar refractivity (Wildman–Crippen MR) is 56.4 cm³/mol. The van der Waals surface area contributed by atoms with Crippen molar-refractivity contribution in [3.8, 4) is 0 Å². The average Bonchev–Trinajstić information content (AvgIpc) is 2.50. The van der Waals surface area contributed by atoms with Gasteiger partial charge in [-0.25, -0.2) is 4.99 Å². The van der Waals surface area contributed by atoms with Crippen molar-refractivity contribution in [3.63, 3.8) is 0 Å². The van der Waals surface area contributed by atoms with Gasteiger partial charge in [0.1, 0.15) is 0 Å². The van der Waals surface area contributed by atoms with Crippen LogP contribution in [0.25, 0.3) is 0 Å². The Kier molecular flexibility index (Phi) is 3.33. The Balaban J connectivity index is 1.86. The third-order valence-corrected chi connectivity index (χ3v) is 2.97. The molecule has 1 heterocycles. The Labute approximate surface area is 89.0 Å².